The Balaban J connectivity index is 1.93. The van der Waals surface area contributed by atoms with Gasteiger partial charge in [-0.05, 0) is 30.7 Å². The number of hydrogen-bond donors (Lipinski definition) is 1. The predicted octanol–water partition coefficient (Wildman–Crippen LogP) is 3.17. The lowest BCUT2D eigenvalue weighted by molar-refractivity contribution is 0.762. The van der Waals surface area contributed by atoms with E-state index >= 15 is 0 Å². The molecule has 15 heavy (non-hydrogen) atoms. The van der Waals surface area contributed by atoms with E-state index in [1.165, 1.54) is 25.0 Å². The Morgan fingerprint density at radius 1 is 1.47 bits per heavy atom. The molecule has 2 rings (SSSR count). The number of aromatic nitrogens is 1. The molecule has 1 aromatic heterocycles. The van der Waals surface area contributed by atoms with Crippen molar-refractivity contribution in [3.63, 3.8) is 0 Å². The largest absolute Gasteiger partial charge is 0.366 e. The van der Waals surface area contributed by atoms with Crippen molar-refractivity contribution in [2.45, 2.75) is 37.5 Å². The molecule has 0 spiro atoms. The van der Waals surface area contributed by atoms with E-state index in [4.69, 9.17) is 0 Å². The number of thioether (sulfide) groups is 1. The summed E-state index contributed by atoms with van der Waals surface area (Å²) in [5.41, 5.74) is 0. The van der Waals surface area contributed by atoms with Gasteiger partial charge in [0.15, 0.2) is 0 Å². The highest BCUT2D eigenvalue weighted by Crippen LogP contribution is 2.31. The van der Waals surface area contributed by atoms with E-state index < -0.39 is 0 Å². The van der Waals surface area contributed by atoms with E-state index in [0.717, 1.165) is 11.1 Å². The van der Waals surface area contributed by atoms with Gasteiger partial charge in [0, 0.05) is 17.5 Å². The molecule has 1 heterocycles. The van der Waals surface area contributed by atoms with Crippen molar-refractivity contribution in [1.82, 2.24) is 4.98 Å². The van der Waals surface area contributed by atoms with Gasteiger partial charge in [-0.15, -0.1) is 0 Å². The third-order valence-corrected chi connectivity index (χ3v) is 4.16. The first-order chi connectivity index (χ1) is 7.40. The molecule has 1 fully saturated rings. The number of nitrogens with zero attached hydrogens (tertiary/aromatic N) is 1. The first kappa shape index (κ1) is 10.8. The minimum Gasteiger partial charge on any atom is -0.366 e. The molecule has 0 bridgehead atoms. The summed E-state index contributed by atoms with van der Waals surface area (Å²) in [7, 11) is 0. The second kappa shape index (κ2) is 5.40. The minimum absolute atomic E-state index is 0.616. The average Bonchev–Trinajstić information content (AvgIpc) is 2.68. The van der Waals surface area contributed by atoms with Gasteiger partial charge in [-0.1, -0.05) is 19.4 Å². The van der Waals surface area contributed by atoms with Gasteiger partial charge in [-0.25, -0.2) is 4.98 Å². The molecule has 2 atom stereocenters. The first-order valence-corrected chi connectivity index (χ1v) is 6.74. The van der Waals surface area contributed by atoms with Gasteiger partial charge < -0.3 is 5.32 Å². The molecular weight excluding hydrogens is 204 g/mol. The molecule has 1 aliphatic rings. The monoisotopic (exact) mass is 222 g/mol. The van der Waals surface area contributed by atoms with Crippen LogP contribution in [0.15, 0.2) is 24.4 Å². The van der Waals surface area contributed by atoms with Gasteiger partial charge in [0.05, 0.1) is 0 Å². The normalized spacial score (nSPS) is 25.4. The molecule has 0 aromatic carbocycles. The molecule has 0 aliphatic heterocycles. The van der Waals surface area contributed by atoms with Crippen LogP contribution in [0.1, 0.15) is 26.2 Å². The second-order valence-corrected chi connectivity index (χ2v) is 5.41. The Bertz CT molecular complexity index is 289. The van der Waals surface area contributed by atoms with E-state index in [0.29, 0.717) is 6.04 Å². The van der Waals surface area contributed by atoms with Crippen molar-refractivity contribution in [3.05, 3.63) is 24.4 Å². The van der Waals surface area contributed by atoms with Crippen LogP contribution in [-0.4, -0.2) is 22.0 Å². The fourth-order valence-corrected chi connectivity index (χ4v) is 3.34. The van der Waals surface area contributed by atoms with Crippen molar-refractivity contribution < 1.29 is 0 Å². The number of anilines is 1. The molecule has 0 radical (unpaired) electrons. The van der Waals surface area contributed by atoms with Crippen molar-refractivity contribution in [3.8, 4) is 0 Å². The fourth-order valence-electron chi connectivity index (χ4n) is 2.14. The highest BCUT2D eigenvalue weighted by molar-refractivity contribution is 7.99. The lowest BCUT2D eigenvalue weighted by atomic mass is 10.2. The summed E-state index contributed by atoms with van der Waals surface area (Å²) in [5.74, 6) is 2.23. The summed E-state index contributed by atoms with van der Waals surface area (Å²) < 4.78 is 0. The standard InChI is InChI=1S/C12H18N2S/c1-2-15-11-7-5-6-10(11)14-12-8-3-4-9-13-12/h3-4,8-11H,2,5-7H2,1H3,(H,13,14). The molecule has 82 valence electrons. The molecule has 2 nitrogen and oxygen atoms in total. The van der Waals surface area contributed by atoms with Gasteiger partial charge in [-0.2, -0.15) is 11.8 Å². The minimum atomic E-state index is 0.616. The Morgan fingerprint density at radius 2 is 2.40 bits per heavy atom. The maximum Gasteiger partial charge on any atom is 0.126 e. The smallest absolute Gasteiger partial charge is 0.126 e. The van der Waals surface area contributed by atoms with Gasteiger partial charge in [-0.3, -0.25) is 0 Å². The van der Waals surface area contributed by atoms with Crippen molar-refractivity contribution in [2.24, 2.45) is 0 Å². The van der Waals surface area contributed by atoms with Crippen molar-refractivity contribution in [2.75, 3.05) is 11.1 Å². The lowest BCUT2D eigenvalue weighted by Crippen LogP contribution is -2.26. The SMILES string of the molecule is CCSC1CCCC1Nc1ccccn1. The molecule has 1 N–H and O–H groups in total. The van der Waals surface area contributed by atoms with E-state index in [1.807, 2.05) is 24.4 Å². The van der Waals surface area contributed by atoms with Crippen molar-refractivity contribution >= 4 is 17.6 Å². The Morgan fingerprint density at radius 3 is 3.13 bits per heavy atom. The molecule has 1 aliphatic carbocycles. The highest BCUT2D eigenvalue weighted by atomic mass is 32.2. The van der Waals surface area contributed by atoms with Crippen molar-refractivity contribution in [1.29, 1.82) is 0 Å². The summed E-state index contributed by atoms with van der Waals surface area (Å²) >= 11 is 2.08. The number of hydrogen-bond acceptors (Lipinski definition) is 3. The number of nitrogens with one attached hydrogen (secondary N) is 1. The Hall–Kier alpha value is -0.700. The predicted molar refractivity (Wildman–Crippen MR) is 67.4 cm³/mol. The summed E-state index contributed by atoms with van der Waals surface area (Å²) in [6, 6.07) is 6.65. The number of pyridine rings is 1. The summed E-state index contributed by atoms with van der Waals surface area (Å²) in [6.45, 7) is 2.24. The molecule has 2 unspecified atom stereocenters. The maximum absolute atomic E-state index is 4.32. The molecular formula is C12H18N2S. The van der Waals surface area contributed by atoms with Crippen LogP contribution in [0.4, 0.5) is 5.82 Å². The number of rotatable bonds is 4. The molecule has 0 saturated heterocycles. The van der Waals surface area contributed by atoms with Crippen LogP contribution < -0.4 is 5.32 Å². The quantitative estimate of drug-likeness (QED) is 0.847. The molecule has 1 saturated carbocycles. The Kier molecular flexibility index (Phi) is 3.89. The third kappa shape index (κ3) is 2.88. The van der Waals surface area contributed by atoms with Crippen LogP contribution in [0.25, 0.3) is 0 Å². The topological polar surface area (TPSA) is 24.9 Å². The summed E-state index contributed by atoms with van der Waals surface area (Å²) in [6.07, 6.45) is 5.83. The summed E-state index contributed by atoms with van der Waals surface area (Å²) in [4.78, 5) is 4.32. The molecule has 1 aromatic rings. The van der Waals surface area contributed by atoms with Gasteiger partial charge in [0.1, 0.15) is 5.82 Å². The van der Waals surface area contributed by atoms with E-state index in [2.05, 4.69) is 29.0 Å². The van der Waals surface area contributed by atoms with Gasteiger partial charge >= 0.3 is 0 Å². The fraction of sp³-hybridized carbons (Fsp3) is 0.583. The van der Waals surface area contributed by atoms with Gasteiger partial charge in [0.25, 0.3) is 0 Å². The third-order valence-electron chi connectivity index (χ3n) is 2.83. The van der Waals surface area contributed by atoms with Gasteiger partial charge in [0.2, 0.25) is 0 Å². The van der Waals surface area contributed by atoms with Crippen LogP contribution >= 0.6 is 11.8 Å². The van der Waals surface area contributed by atoms with Crippen LogP contribution in [-0.2, 0) is 0 Å². The van der Waals surface area contributed by atoms with Crippen LogP contribution in [0, 0.1) is 0 Å². The highest BCUT2D eigenvalue weighted by Gasteiger charge is 2.26. The van der Waals surface area contributed by atoms with E-state index in [9.17, 15) is 0 Å². The molecule has 0 amide bonds. The average molecular weight is 222 g/mol. The summed E-state index contributed by atoms with van der Waals surface area (Å²) in [5, 5.41) is 4.32. The lowest BCUT2D eigenvalue weighted by Gasteiger charge is -2.20. The van der Waals surface area contributed by atoms with E-state index in [-0.39, 0.29) is 0 Å². The second-order valence-electron chi connectivity index (χ2n) is 3.89. The zero-order valence-corrected chi connectivity index (χ0v) is 9.96. The first-order valence-electron chi connectivity index (χ1n) is 5.69. The van der Waals surface area contributed by atoms with Crippen LogP contribution in [0.2, 0.25) is 0 Å². The van der Waals surface area contributed by atoms with E-state index in [1.54, 1.807) is 0 Å². The van der Waals surface area contributed by atoms with Crippen LogP contribution in [0.3, 0.4) is 0 Å². The maximum atomic E-state index is 4.32. The van der Waals surface area contributed by atoms with Crippen LogP contribution in [0.5, 0.6) is 0 Å². The molecule has 3 heteroatoms. The Labute approximate surface area is 95.9 Å². The zero-order chi connectivity index (χ0) is 10.5. The zero-order valence-electron chi connectivity index (χ0n) is 9.15.